The van der Waals surface area contributed by atoms with Gasteiger partial charge in [-0.1, -0.05) is 5.16 Å². The highest BCUT2D eigenvalue weighted by Crippen LogP contribution is 2.19. The van der Waals surface area contributed by atoms with Gasteiger partial charge in [-0.05, 0) is 33.6 Å². The molecule has 0 aliphatic carbocycles. The lowest BCUT2D eigenvalue weighted by Crippen LogP contribution is -2.40. The molecule has 15 heavy (non-hydrogen) atoms. The molecule has 1 aliphatic heterocycles. The average Bonchev–Trinajstić information content (AvgIpc) is 2.49. The van der Waals surface area contributed by atoms with Crippen molar-refractivity contribution in [1.82, 2.24) is 4.90 Å². The second-order valence-electron chi connectivity index (χ2n) is 4.65. The van der Waals surface area contributed by atoms with Gasteiger partial charge in [-0.2, -0.15) is 0 Å². The van der Waals surface area contributed by atoms with E-state index in [2.05, 4.69) is 5.16 Å². The number of nitrogens with zero attached hydrogens (tertiary/aromatic N) is 2. The maximum absolute atomic E-state index is 11.7. The Labute approximate surface area is 89.7 Å². The Morgan fingerprint density at radius 2 is 2.27 bits per heavy atom. The standard InChI is InChI=1S/C10H18N2O3/c1-10(2,3)15-9(13)12-6-4-5-8(12)7-11-14/h7-8,14H,4-6H2,1-3H3/b11-7+/t8-/m1/s1. The molecule has 1 fully saturated rings. The van der Waals surface area contributed by atoms with Crippen molar-refractivity contribution in [3.05, 3.63) is 0 Å². The Balaban J connectivity index is 2.59. The monoisotopic (exact) mass is 214 g/mol. The lowest BCUT2D eigenvalue weighted by molar-refractivity contribution is 0.0267. The topological polar surface area (TPSA) is 62.1 Å². The van der Waals surface area contributed by atoms with Gasteiger partial charge in [-0.25, -0.2) is 4.79 Å². The molecule has 1 saturated heterocycles. The molecule has 0 bridgehead atoms. The van der Waals surface area contributed by atoms with Crippen LogP contribution >= 0.6 is 0 Å². The Morgan fingerprint density at radius 1 is 1.60 bits per heavy atom. The van der Waals surface area contributed by atoms with Gasteiger partial charge in [0.05, 0.1) is 12.3 Å². The molecule has 86 valence electrons. The van der Waals surface area contributed by atoms with Crippen molar-refractivity contribution in [2.45, 2.75) is 45.3 Å². The van der Waals surface area contributed by atoms with Gasteiger partial charge in [0.2, 0.25) is 0 Å². The molecule has 0 radical (unpaired) electrons. The summed E-state index contributed by atoms with van der Waals surface area (Å²) in [5, 5.41) is 11.4. The van der Waals surface area contributed by atoms with Crippen LogP contribution in [-0.2, 0) is 4.74 Å². The zero-order valence-electron chi connectivity index (χ0n) is 9.43. The van der Waals surface area contributed by atoms with E-state index in [-0.39, 0.29) is 12.1 Å². The summed E-state index contributed by atoms with van der Waals surface area (Å²) in [7, 11) is 0. The summed E-state index contributed by atoms with van der Waals surface area (Å²) in [5.74, 6) is 0. The van der Waals surface area contributed by atoms with Crippen molar-refractivity contribution in [2.24, 2.45) is 5.16 Å². The highest BCUT2D eigenvalue weighted by Gasteiger charge is 2.31. The van der Waals surface area contributed by atoms with Gasteiger partial charge in [0, 0.05) is 6.54 Å². The molecular weight excluding hydrogens is 196 g/mol. The molecule has 0 saturated carbocycles. The Hall–Kier alpha value is -1.26. The molecule has 5 heteroatoms. The Morgan fingerprint density at radius 3 is 2.80 bits per heavy atom. The molecule has 0 aromatic rings. The zero-order chi connectivity index (χ0) is 11.5. The minimum absolute atomic E-state index is 0.134. The molecule has 1 amide bonds. The fourth-order valence-electron chi connectivity index (χ4n) is 1.57. The largest absolute Gasteiger partial charge is 0.444 e. The normalized spacial score (nSPS) is 22.3. The molecule has 0 unspecified atom stereocenters. The van der Waals surface area contributed by atoms with Crippen LogP contribution in [0.1, 0.15) is 33.6 Å². The van der Waals surface area contributed by atoms with E-state index in [9.17, 15) is 4.79 Å². The summed E-state index contributed by atoms with van der Waals surface area (Å²) in [4.78, 5) is 13.3. The van der Waals surface area contributed by atoms with E-state index < -0.39 is 5.60 Å². The van der Waals surface area contributed by atoms with Crippen LogP contribution in [0.15, 0.2) is 5.16 Å². The summed E-state index contributed by atoms with van der Waals surface area (Å²) in [6.45, 7) is 6.15. The van der Waals surface area contributed by atoms with Crippen LogP contribution in [0.3, 0.4) is 0 Å². The number of hydrogen-bond acceptors (Lipinski definition) is 4. The van der Waals surface area contributed by atoms with Crippen LogP contribution in [0.2, 0.25) is 0 Å². The van der Waals surface area contributed by atoms with Crippen LogP contribution in [0.4, 0.5) is 4.79 Å². The molecular formula is C10H18N2O3. The van der Waals surface area contributed by atoms with Gasteiger partial charge in [-0.15, -0.1) is 0 Å². The average molecular weight is 214 g/mol. The molecule has 1 aliphatic rings. The molecule has 0 aromatic carbocycles. The number of ether oxygens (including phenoxy) is 1. The quantitative estimate of drug-likeness (QED) is 0.411. The molecule has 1 atom stereocenters. The molecule has 0 aromatic heterocycles. The van der Waals surface area contributed by atoms with Gasteiger partial charge >= 0.3 is 6.09 Å². The summed E-state index contributed by atoms with van der Waals surface area (Å²) in [6.07, 6.45) is 2.76. The predicted molar refractivity (Wildman–Crippen MR) is 56.2 cm³/mol. The first-order valence-electron chi connectivity index (χ1n) is 5.11. The summed E-state index contributed by atoms with van der Waals surface area (Å²) in [5.41, 5.74) is -0.486. The third-order valence-electron chi connectivity index (χ3n) is 2.17. The first-order valence-corrected chi connectivity index (χ1v) is 5.11. The lowest BCUT2D eigenvalue weighted by atomic mass is 10.2. The second kappa shape index (κ2) is 4.51. The maximum Gasteiger partial charge on any atom is 0.410 e. The lowest BCUT2D eigenvalue weighted by Gasteiger charge is -2.26. The number of likely N-dealkylation sites (tertiary alicyclic amines) is 1. The van der Waals surface area contributed by atoms with E-state index in [1.807, 2.05) is 20.8 Å². The minimum Gasteiger partial charge on any atom is -0.444 e. The van der Waals surface area contributed by atoms with E-state index in [1.165, 1.54) is 6.21 Å². The Kier molecular flexibility index (Phi) is 3.55. The summed E-state index contributed by atoms with van der Waals surface area (Å²) < 4.78 is 5.24. The predicted octanol–water partition coefficient (Wildman–Crippen LogP) is 1.85. The van der Waals surface area contributed by atoms with Crippen molar-refractivity contribution < 1.29 is 14.7 Å². The number of hydrogen-bond donors (Lipinski definition) is 1. The van der Waals surface area contributed by atoms with Gasteiger partial charge in [-0.3, -0.25) is 0 Å². The van der Waals surface area contributed by atoms with Crippen LogP contribution < -0.4 is 0 Å². The fraction of sp³-hybridized carbons (Fsp3) is 0.800. The van der Waals surface area contributed by atoms with Gasteiger partial charge < -0.3 is 14.8 Å². The van der Waals surface area contributed by atoms with Crippen molar-refractivity contribution in [1.29, 1.82) is 0 Å². The third-order valence-corrected chi connectivity index (χ3v) is 2.17. The van der Waals surface area contributed by atoms with Crippen LogP contribution in [-0.4, -0.2) is 40.6 Å². The zero-order valence-corrected chi connectivity index (χ0v) is 9.43. The van der Waals surface area contributed by atoms with E-state index in [4.69, 9.17) is 9.94 Å². The maximum atomic E-state index is 11.7. The van der Waals surface area contributed by atoms with Gasteiger partial charge in [0.1, 0.15) is 5.60 Å². The second-order valence-corrected chi connectivity index (χ2v) is 4.65. The van der Waals surface area contributed by atoms with E-state index >= 15 is 0 Å². The number of oxime groups is 1. The molecule has 1 heterocycles. The first-order chi connectivity index (χ1) is 6.94. The Bertz CT molecular complexity index is 258. The van der Waals surface area contributed by atoms with E-state index in [0.29, 0.717) is 6.54 Å². The number of rotatable bonds is 1. The van der Waals surface area contributed by atoms with Gasteiger partial charge in [0.15, 0.2) is 0 Å². The van der Waals surface area contributed by atoms with E-state index in [1.54, 1.807) is 4.90 Å². The smallest absolute Gasteiger partial charge is 0.410 e. The molecule has 1 N–H and O–H groups in total. The van der Waals surface area contributed by atoms with Gasteiger partial charge in [0.25, 0.3) is 0 Å². The summed E-state index contributed by atoms with van der Waals surface area (Å²) >= 11 is 0. The van der Waals surface area contributed by atoms with Crippen molar-refractivity contribution in [3.63, 3.8) is 0 Å². The number of amides is 1. The first kappa shape index (κ1) is 11.8. The van der Waals surface area contributed by atoms with Crippen LogP contribution in [0.5, 0.6) is 0 Å². The number of carbonyl (C=O) groups excluding carboxylic acids is 1. The fourth-order valence-corrected chi connectivity index (χ4v) is 1.57. The third kappa shape index (κ3) is 3.42. The number of carbonyl (C=O) groups is 1. The van der Waals surface area contributed by atoms with Crippen molar-refractivity contribution in [2.75, 3.05) is 6.54 Å². The molecule has 1 rings (SSSR count). The van der Waals surface area contributed by atoms with Crippen molar-refractivity contribution >= 4 is 12.3 Å². The highest BCUT2D eigenvalue weighted by atomic mass is 16.6. The van der Waals surface area contributed by atoms with Crippen LogP contribution in [0, 0.1) is 0 Å². The van der Waals surface area contributed by atoms with Crippen molar-refractivity contribution in [3.8, 4) is 0 Å². The summed E-state index contributed by atoms with van der Waals surface area (Å²) in [6, 6.07) is -0.134. The van der Waals surface area contributed by atoms with Crippen LogP contribution in [0.25, 0.3) is 0 Å². The minimum atomic E-state index is -0.486. The SMILES string of the molecule is CC(C)(C)OC(=O)N1CCC[C@@H]1/C=N/O. The molecule has 5 nitrogen and oxygen atoms in total. The molecule has 0 spiro atoms. The highest BCUT2D eigenvalue weighted by molar-refractivity contribution is 5.76. The van der Waals surface area contributed by atoms with E-state index in [0.717, 1.165) is 12.8 Å².